The number of nitrogens with zero attached hydrogens (tertiary/aromatic N) is 5. The normalized spacial score (nSPS) is 14.0. The largest absolute Gasteiger partial charge is 0.494 e. The van der Waals surface area contributed by atoms with Crippen LogP contribution in [0.1, 0.15) is 59.1 Å². The minimum atomic E-state index is -0.731. The highest BCUT2D eigenvalue weighted by Gasteiger charge is 2.18. The van der Waals surface area contributed by atoms with Gasteiger partial charge in [-0.25, -0.2) is 9.59 Å². The molecule has 20 heteroatoms. The van der Waals surface area contributed by atoms with Crippen molar-refractivity contribution in [3.63, 3.8) is 0 Å². The van der Waals surface area contributed by atoms with Crippen LogP contribution in [0.3, 0.4) is 0 Å². The lowest BCUT2D eigenvalue weighted by molar-refractivity contribution is 0.120. The lowest BCUT2D eigenvalue weighted by Crippen LogP contribution is -2.47. The van der Waals surface area contributed by atoms with Crippen molar-refractivity contribution in [3.8, 4) is 23.0 Å². The van der Waals surface area contributed by atoms with E-state index in [0.717, 1.165) is 138 Å². The Balaban J connectivity index is 0.000000270. The second-order valence-electron chi connectivity index (χ2n) is 20.2. The summed E-state index contributed by atoms with van der Waals surface area (Å²) in [6.07, 6.45) is 2.41. The topological polar surface area (TPSA) is 276 Å². The summed E-state index contributed by atoms with van der Waals surface area (Å²) in [6, 6.07) is 47.8. The zero-order valence-electron chi connectivity index (χ0n) is 47.8. The Kier molecular flexibility index (Phi) is 25.8. The van der Waals surface area contributed by atoms with Gasteiger partial charge in [-0.1, -0.05) is 60.7 Å². The number of amidine groups is 4. The van der Waals surface area contributed by atoms with E-state index in [9.17, 15) is 9.59 Å². The molecule has 8 rings (SSSR count). The first-order valence-electron chi connectivity index (χ1n) is 28.5. The van der Waals surface area contributed by atoms with Crippen LogP contribution in [0.5, 0.6) is 23.0 Å². The predicted octanol–water partition coefficient (Wildman–Crippen LogP) is 7.95. The summed E-state index contributed by atoms with van der Waals surface area (Å²) in [5.74, 6) is 3.30. The van der Waals surface area contributed by atoms with Crippen LogP contribution in [0.2, 0.25) is 0 Å². The van der Waals surface area contributed by atoms with E-state index in [1.165, 1.54) is 0 Å². The van der Waals surface area contributed by atoms with Crippen LogP contribution in [-0.2, 0) is 22.7 Å². The van der Waals surface area contributed by atoms with Gasteiger partial charge in [0.2, 0.25) is 0 Å². The first kappa shape index (κ1) is 62.8. The lowest BCUT2D eigenvalue weighted by atomic mass is 10.2. The minimum Gasteiger partial charge on any atom is -0.494 e. The van der Waals surface area contributed by atoms with Crippen molar-refractivity contribution in [2.75, 3.05) is 105 Å². The lowest BCUT2D eigenvalue weighted by Gasteiger charge is -2.34. The Bertz CT molecular complexity index is 2900. The van der Waals surface area contributed by atoms with E-state index in [2.05, 4.69) is 29.9 Å². The standard InChI is InChI=1S/C40H46N6O6.C24H34N6O2/c41-37(43-39(47)51-29-31-9-3-1-4-10-31)33-13-17-35(18-14-33)49-27-7-21-45-23-25-46(26-24-45)22-8-28-50-36-19-15-34(16-20-36)38(42)44-40(48)52-30-32-11-5-2-6-12-32;25-23(26)19-3-7-21(8-4-19)31-17-1-11-29-13-15-30(16-14-29)12-2-18-32-22-9-5-20(6-10-22)24(27)28/h1-6,9-20H,7-8,21-30H2,(H2,41,43,47)(H2,42,44,48);3-10H,1-2,11-18H2,(H3,25,26)(H3,27,28). The van der Waals surface area contributed by atoms with Crippen LogP contribution in [0, 0.1) is 16.2 Å². The molecule has 0 aliphatic carbocycles. The molecular formula is C64H80N12O8. The van der Waals surface area contributed by atoms with Gasteiger partial charge < -0.3 is 65.2 Å². The molecule has 6 aromatic rings. The fourth-order valence-corrected chi connectivity index (χ4v) is 9.13. The number of benzene rings is 6. The predicted molar refractivity (Wildman–Crippen MR) is 328 cm³/mol. The number of nitrogens with two attached hydrogens (primary N) is 3. The van der Waals surface area contributed by atoms with Crippen LogP contribution in [-0.4, -0.2) is 160 Å². The molecule has 2 aliphatic rings. The maximum absolute atomic E-state index is 12.1. The number of nitrogens with one attached hydrogen (secondary N) is 4. The molecule has 20 nitrogen and oxygen atoms in total. The van der Waals surface area contributed by atoms with Gasteiger partial charge in [0.05, 0.1) is 26.4 Å². The summed E-state index contributed by atoms with van der Waals surface area (Å²) in [5.41, 5.74) is 21.3. The van der Waals surface area contributed by atoms with Crippen molar-refractivity contribution < 1.29 is 38.0 Å². The van der Waals surface area contributed by atoms with E-state index in [4.69, 9.17) is 61.9 Å². The molecule has 2 saturated heterocycles. The van der Waals surface area contributed by atoms with Crippen molar-refractivity contribution in [1.82, 2.24) is 24.9 Å². The van der Waals surface area contributed by atoms with E-state index >= 15 is 0 Å². The number of alkyl carbamates (subject to hydrolysis) is 1. The van der Waals surface area contributed by atoms with Gasteiger partial charge >= 0.3 is 12.2 Å². The smallest absolute Gasteiger partial charge is 0.435 e. The maximum Gasteiger partial charge on any atom is 0.435 e. The molecule has 0 radical (unpaired) electrons. The quantitative estimate of drug-likeness (QED) is 0.0139. The van der Waals surface area contributed by atoms with E-state index in [-0.39, 0.29) is 36.6 Å². The van der Waals surface area contributed by atoms with Crippen LogP contribution < -0.4 is 41.5 Å². The average Bonchev–Trinajstić information content (AvgIpc) is 3.64. The first-order chi connectivity index (χ1) is 40.9. The molecule has 0 unspecified atom stereocenters. The molecule has 6 aromatic carbocycles. The minimum absolute atomic E-state index is 0.0310. The number of hydrogen-bond donors (Lipinski definition) is 7. The fraction of sp³-hybridized carbons (Fsp3) is 0.344. The molecule has 0 atom stereocenters. The number of piperazine rings is 2. The molecule has 444 valence electrons. The highest BCUT2D eigenvalue weighted by atomic mass is 16.6. The van der Waals surface area contributed by atoms with Gasteiger partial charge in [-0.15, -0.1) is 0 Å². The zero-order valence-corrected chi connectivity index (χ0v) is 47.8. The summed E-state index contributed by atoms with van der Waals surface area (Å²) in [4.78, 5) is 37.8. The summed E-state index contributed by atoms with van der Waals surface area (Å²) < 4.78 is 33.8. The third kappa shape index (κ3) is 22.8. The number of aliphatic imine (C=N–C) groups is 1. The van der Waals surface area contributed by atoms with Gasteiger partial charge in [-0.05, 0) is 134 Å². The highest BCUT2D eigenvalue weighted by molar-refractivity contribution is 6.04. The Morgan fingerprint density at radius 3 is 1.06 bits per heavy atom. The van der Waals surface area contributed by atoms with Gasteiger partial charge in [0, 0.05) is 101 Å². The Labute approximate surface area is 492 Å². The molecular weight excluding hydrogens is 1060 g/mol. The molecule has 84 heavy (non-hydrogen) atoms. The monoisotopic (exact) mass is 1140 g/mol. The molecule has 2 heterocycles. The maximum atomic E-state index is 12.1. The summed E-state index contributed by atoms with van der Waals surface area (Å²) in [6.45, 7) is 15.3. The molecule has 0 aromatic heterocycles. The number of carbonyl (C=O) groups is 2. The van der Waals surface area contributed by atoms with E-state index in [1.807, 2.05) is 121 Å². The first-order valence-corrected chi connectivity index (χ1v) is 28.5. The van der Waals surface area contributed by atoms with Crippen molar-refractivity contribution in [2.45, 2.75) is 38.9 Å². The van der Waals surface area contributed by atoms with E-state index < -0.39 is 12.2 Å². The SMILES string of the molecule is N=C(N)c1ccc(OCCCN2CCN(CCCOc3ccc(C(=N)N)cc3)CC2)cc1.N=C(NC(=O)OCc1ccccc1)c1ccc(OCCCN2CCN(CCCOc3ccc(C(N)=NC(=O)OCc4ccccc4)cc3)CC2)cc1. The summed E-state index contributed by atoms with van der Waals surface area (Å²) in [7, 11) is 0. The van der Waals surface area contributed by atoms with Crippen LogP contribution in [0.4, 0.5) is 9.59 Å². The number of amides is 2. The number of carbonyl (C=O) groups excluding carboxylic acids is 2. The Morgan fingerprint density at radius 1 is 0.417 bits per heavy atom. The van der Waals surface area contributed by atoms with Crippen LogP contribution in [0.25, 0.3) is 0 Å². The van der Waals surface area contributed by atoms with Gasteiger partial charge in [0.1, 0.15) is 59.6 Å². The van der Waals surface area contributed by atoms with Gasteiger partial charge in [-0.3, -0.25) is 21.5 Å². The second-order valence-corrected chi connectivity index (χ2v) is 20.2. The molecule has 0 spiro atoms. The van der Waals surface area contributed by atoms with Crippen molar-refractivity contribution in [2.24, 2.45) is 22.2 Å². The molecule has 0 bridgehead atoms. The Hall–Kier alpha value is -8.82. The van der Waals surface area contributed by atoms with Crippen molar-refractivity contribution in [1.29, 1.82) is 16.2 Å². The van der Waals surface area contributed by atoms with Crippen molar-refractivity contribution >= 4 is 35.5 Å². The van der Waals surface area contributed by atoms with Gasteiger partial charge in [0.25, 0.3) is 0 Å². The highest BCUT2D eigenvalue weighted by Crippen LogP contribution is 2.17. The average molecular weight is 1150 g/mol. The zero-order chi connectivity index (χ0) is 59.1. The third-order valence-electron chi connectivity index (χ3n) is 14.0. The molecule has 2 aliphatic heterocycles. The van der Waals surface area contributed by atoms with E-state index in [1.54, 1.807) is 36.4 Å². The van der Waals surface area contributed by atoms with Crippen molar-refractivity contribution in [3.05, 3.63) is 191 Å². The number of hydrogen-bond acceptors (Lipinski definition) is 15. The van der Waals surface area contributed by atoms with Crippen LogP contribution >= 0.6 is 0 Å². The third-order valence-corrected chi connectivity index (χ3v) is 14.0. The van der Waals surface area contributed by atoms with Crippen LogP contribution in [0.15, 0.2) is 163 Å². The molecule has 2 fully saturated rings. The van der Waals surface area contributed by atoms with Gasteiger partial charge in [0.15, 0.2) is 0 Å². The number of nitrogen functional groups attached to an aromatic ring is 2. The molecule has 2 amide bonds. The second kappa shape index (κ2) is 34.6. The van der Waals surface area contributed by atoms with Gasteiger partial charge in [-0.2, -0.15) is 4.99 Å². The van der Waals surface area contributed by atoms with E-state index in [0.29, 0.717) is 48.7 Å². The molecule has 10 N–H and O–H groups in total. The fourth-order valence-electron chi connectivity index (χ4n) is 9.13. The molecule has 0 saturated carbocycles. The summed E-state index contributed by atoms with van der Waals surface area (Å²) in [5, 5.41) is 25.5. The number of rotatable bonds is 28. The summed E-state index contributed by atoms with van der Waals surface area (Å²) >= 11 is 0. The number of ether oxygens (including phenoxy) is 6. The Morgan fingerprint density at radius 2 is 0.726 bits per heavy atom.